The van der Waals surface area contributed by atoms with E-state index in [-0.39, 0.29) is 29.9 Å². The fourth-order valence-electron chi connectivity index (χ4n) is 2.71. The van der Waals surface area contributed by atoms with Crippen molar-refractivity contribution in [2.75, 3.05) is 22.5 Å². The van der Waals surface area contributed by atoms with E-state index >= 15 is 0 Å². The van der Waals surface area contributed by atoms with Gasteiger partial charge in [-0.3, -0.25) is 19.3 Å². The lowest BCUT2D eigenvalue weighted by molar-refractivity contribution is -0.128. The highest BCUT2D eigenvalue weighted by Gasteiger charge is 2.35. The molecule has 3 N–H and O–H groups in total. The van der Waals surface area contributed by atoms with Gasteiger partial charge in [-0.05, 0) is 25.5 Å². The average Bonchev–Trinajstić information content (AvgIpc) is 2.97. The Morgan fingerprint density at radius 2 is 2.11 bits per heavy atom. The molecule has 1 unspecified atom stereocenters. The molecule has 2 aromatic rings. The molecule has 0 aromatic carbocycles. The third-order valence-electron chi connectivity index (χ3n) is 3.96. The number of nitrogens with two attached hydrogens (primary N) is 1. The van der Waals surface area contributed by atoms with Crippen LogP contribution in [0, 0.1) is 6.92 Å². The van der Waals surface area contributed by atoms with Crippen molar-refractivity contribution in [3.63, 3.8) is 0 Å². The third kappa shape index (κ3) is 3.75. The zero-order chi connectivity index (χ0) is 19.7. The van der Waals surface area contributed by atoms with Crippen LogP contribution < -0.4 is 20.7 Å². The molecule has 1 aliphatic heterocycles. The number of carbonyl (C=O) groups excluding carboxylic acids is 3. The molecule has 0 fully saturated rings. The first-order chi connectivity index (χ1) is 12.8. The van der Waals surface area contributed by atoms with Crippen LogP contribution in [0.1, 0.15) is 35.6 Å². The van der Waals surface area contributed by atoms with Gasteiger partial charge in [-0.25, -0.2) is 9.97 Å². The second kappa shape index (κ2) is 7.31. The Bertz CT molecular complexity index is 926. The van der Waals surface area contributed by atoms with Crippen LogP contribution >= 0.6 is 11.3 Å². The molecule has 9 nitrogen and oxygen atoms in total. The van der Waals surface area contributed by atoms with Crippen molar-refractivity contribution < 1.29 is 19.1 Å². The monoisotopic (exact) mass is 389 g/mol. The lowest BCUT2D eigenvalue weighted by Crippen LogP contribution is -2.49. The number of aromatic nitrogens is 2. The Labute approximate surface area is 159 Å². The molecule has 1 aliphatic rings. The van der Waals surface area contributed by atoms with Crippen LogP contribution in [0.2, 0.25) is 0 Å². The summed E-state index contributed by atoms with van der Waals surface area (Å²) in [6, 6.07) is 3.20. The number of hydrogen-bond acceptors (Lipinski definition) is 8. The molecular formula is C17H19N5O4S. The molecule has 1 atom stereocenters. The van der Waals surface area contributed by atoms with Gasteiger partial charge >= 0.3 is 0 Å². The standard InChI is InChI=1S/C17H19N5O4S/c1-4-10-16(25)22(15-11(26-10)5-6-12(18)20-15)7-13(24)21-17-19-8(2)14(27-17)9(3)23/h5-6,10H,4,7H2,1-3H3,(H2,18,20)(H,19,21,24). The number of aryl methyl sites for hydroxylation is 1. The molecule has 27 heavy (non-hydrogen) atoms. The molecule has 10 heteroatoms. The van der Waals surface area contributed by atoms with E-state index in [4.69, 9.17) is 10.5 Å². The Kier molecular flexibility index (Phi) is 5.08. The molecule has 3 rings (SSSR count). The van der Waals surface area contributed by atoms with E-state index in [1.165, 1.54) is 11.8 Å². The Hall–Kier alpha value is -3.01. The number of Topliss-reactive ketones (excluding diaryl/α,β-unsaturated/α-hetero) is 1. The van der Waals surface area contributed by atoms with Crippen LogP contribution in [0.15, 0.2) is 12.1 Å². The number of anilines is 3. The van der Waals surface area contributed by atoms with E-state index in [1.54, 1.807) is 19.1 Å². The number of rotatable bonds is 5. The lowest BCUT2D eigenvalue weighted by Gasteiger charge is -2.32. The minimum absolute atomic E-state index is 0.117. The molecular weight excluding hydrogens is 370 g/mol. The van der Waals surface area contributed by atoms with Gasteiger partial charge in [0.05, 0.1) is 10.6 Å². The number of thiazole rings is 1. The van der Waals surface area contributed by atoms with Crippen molar-refractivity contribution in [3.05, 3.63) is 22.7 Å². The molecule has 0 aliphatic carbocycles. The second-order valence-electron chi connectivity index (χ2n) is 6.03. The van der Waals surface area contributed by atoms with E-state index in [0.717, 1.165) is 11.3 Å². The number of nitrogens with one attached hydrogen (secondary N) is 1. The highest BCUT2D eigenvalue weighted by Crippen LogP contribution is 2.33. The van der Waals surface area contributed by atoms with E-state index in [9.17, 15) is 14.4 Å². The molecule has 0 saturated carbocycles. The van der Waals surface area contributed by atoms with Crippen LogP contribution in [-0.4, -0.2) is 40.2 Å². The normalized spacial score (nSPS) is 15.9. The zero-order valence-corrected chi connectivity index (χ0v) is 15.9. The number of amides is 2. The average molecular weight is 389 g/mol. The molecule has 0 radical (unpaired) electrons. The number of carbonyl (C=O) groups is 3. The zero-order valence-electron chi connectivity index (χ0n) is 15.1. The number of ketones is 1. The Morgan fingerprint density at radius 3 is 2.74 bits per heavy atom. The lowest BCUT2D eigenvalue weighted by atomic mass is 10.2. The predicted molar refractivity (Wildman–Crippen MR) is 101 cm³/mol. The largest absolute Gasteiger partial charge is 0.477 e. The van der Waals surface area contributed by atoms with Gasteiger partial charge in [0.15, 0.2) is 28.6 Å². The fourth-order valence-corrected chi connectivity index (χ4v) is 3.59. The first kappa shape index (κ1) is 18.8. The quantitative estimate of drug-likeness (QED) is 0.746. The summed E-state index contributed by atoms with van der Waals surface area (Å²) in [5.74, 6) is -0.121. The number of ether oxygens (including phenoxy) is 1. The molecule has 0 saturated heterocycles. The highest BCUT2D eigenvalue weighted by molar-refractivity contribution is 7.17. The van der Waals surface area contributed by atoms with Gasteiger partial charge in [0.1, 0.15) is 12.4 Å². The first-order valence-electron chi connectivity index (χ1n) is 8.33. The van der Waals surface area contributed by atoms with Gasteiger partial charge in [-0.2, -0.15) is 0 Å². The minimum atomic E-state index is -0.692. The highest BCUT2D eigenvalue weighted by atomic mass is 32.1. The first-order valence-corrected chi connectivity index (χ1v) is 9.14. The topological polar surface area (TPSA) is 128 Å². The van der Waals surface area contributed by atoms with Crippen molar-refractivity contribution in [2.45, 2.75) is 33.3 Å². The van der Waals surface area contributed by atoms with E-state index in [2.05, 4.69) is 15.3 Å². The van der Waals surface area contributed by atoms with E-state index < -0.39 is 12.0 Å². The number of pyridine rings is 1. The van der Waals surface area contributed by atoms with Gasteiger partial charge < -0.3 is 15.8 Å². The Morgan fingerprint density at radius 1 is 1.37 bits per heavy atom. The van der Waals surface area contributed by atoms with Gasteiger partial charge in [0.25, 0.3) is 5.91 Å². The van der Waals surface area contributed by atoms with Gasteiger partial charge in [0, 0.05) is 6.92 Å². The second-order valence-corrected chi connectivity index (χ2v) is 7.03. The van der Waals surface area contributed by atoms with Crippen molar-refractivity contribution in [2.24, 2.45) is 0 Å². The summed E-state index contributed by atoms with van der Waals surface area (Å²) >= 11 is 1.10. The van der Waals surface area contributed by atoms with Crippen LogP contribution in [-0.2, 0) is 9.59 Å². The molecule has 0 bridgehead atoms. The summed E-state index contributed by atoms with van der Waals surface area (Å²) < 4.78 is 5.64. The number of nitrogen functional groups attached to an aromatic ring is 1. The van der Waals surface area contributed by atoms with Gasteiger partial charge in [0.2, 0.25) is 5.91 Å². The van der Waals surface area contributed by atoms with Crippen molar-refractivity contribution in [3.8, 4) is 5.75 Å². The molecule has 2 aromatic heterocycles. The maximum Gasteiger partial charge on any atom is 0.269 e. The Balaban J connectivity index is 1.82. The summed E-state index contributed by atoms with van der Waals surface area (Å²) in [6.07, 6.45) is -0.240. The summed E-state index contributed by atoms with van der Waals surface area (Å²) in [4.78, 5) is 46.7. The third-order valence-corrected chi connectivity index (χ3v) is 5.14. The fraction of sp³-hybridized carbons (Fsp3) is 0.353. The van der Waals surface area contributed by atoms with Crippen LogP contribution in [0.5, 0.6) is 5.75 Å². The number of nitrogens with zero attached hydrogens (tertiary/aromatic N) is 3. The van der Waals surface area contributed by atoms with Crippen molar-refractivity contribution in [1.29, 1.82) is 0 Å². The molecule has 3 heterocycles. The van der Waals surface area contributed by atoms with Gasteiger partial charge in [-0.1, -0.05) is 18.3 Å². The maximum atomic E-state index is 12.6. The van der Waals surface area contributed by atoms with Crippen LogP contribution in [0.3, 0.4) is 0 Å². The smallest absolute Gasteiger partial charge is 0.269 e. The predicted octanol–water partition coefficient (Wildman–Crippen LogP) is 1.77. The summed E-state index contributed by atoms with van der Waals surface area (Å²) in [7, 11) is 0. The molecule has 0 spiro atoms. The molecule has 142 valence electrons. The summed E-state index contributed by atoms with van der Waals surface area (Å²) in [5, 5.41) is 2.93. The maximum absolute atomic E-state index is 12.6. The number of fused-ring (bicyclic) bond motifs is 1. The van der Waals surface area contributed by atoms with Crippen LogP contribution in [0.4, 0.5) is 16.8 Å². The SMILES string of the molecule is CCC1Oc2ccc(N)nc2N(CC(=O)Nc2nc(C)c(C(C)=O)s2)C1=O. The van der Waals surface area contributed by atoms with E-state index in [0.29, 0.717) is 27.9 Å². The van der Waals surface area contributed by atoms with Crippen molar-refractivity contribution in [1.82, 2.24) is 9.97 Å². The van der Waals surface area contributed by atoms with Crippen LogP contribution in [0.25, 0.3) is 0 Å². The number of hydrogen-bond donors (Lipinski definition) is 2. The minimum Gasteiger partial charge on any atom is -0.477 e. The summed E-state index contributed by atoms with van der Waals surface area (Å²) in [5.41, 5.74) is 6.27. The van der Waals surface area contributed by atoms with E-state index in [1.807, 2.05) is 6.92 Å². The van der Waals surface area contributed by atoms with Crippen molar-refractivity contribution >= 4 is 45.7 Å². The molecule has 2 amide bonds. The van der Waals surface area contributed by atoms with Gasteiger partial charge in [-0.15, -0.1) is 0 Å². The summed E-state index contributed by atoms with van der Waals surface area (Å²) in [6.45, 7) is 4.69.